The molecule has 2 aromatic carbocycles. The van der Waals surface area contributed by atoms with Crippen molar-refractivity contribution in [3.05, 3.63) is 64.4 Å². The lowest BCUT2D eigenvalue weighted by Crippen LogP contribution is -2.18. The second-order valence-corrected chi connectivity index (χ2v) is 6.52. The number of phenolic OH excluding ortho intramolecular Hbond substituents is 1. The van der Waals surface area contributed by atoms with Crippen LogP contribution in [-0.4, -0.2) is 16.6 Å². The van der Waals surface area contributed by atoms with Gasteiger partial charge in [0.2, 0.25) is 0 Å². The summed E-state index contributed by atoms with van der Waals surface area (Å²) >= 11 is 1.72. The van der Waals surface area contributed by atoms with Gasteiger partial charge < -0.3 is 15.4 Å². The summed E-state index contributed by atoms with van der Waals surface area (Å²) in [5.74, 6) is 0.102. The molecule has 0 spiro atoms. The lowest BCUT2D eigenvalue weighted by molar-refractivity contribution is 0.480. The molecule has 5 heteroatoms. The molecule has 0 saturated heterocycles. The number of hydrogen-bond donors (Lipinski definition) is 3. The van der Waals surface area contributed by atoms with Crippen LogP contribution >= 0.6 is 11.8 Å². The van der Waals surface area contributed by atoms with Crippen LogP contribution in [-0.2, 0) is 0 Å². The third-order valence-electron chi connectivity index (χ3n) is 3.84. The van der Waals surface area contributed by atoms with E-state index in [1.165, 1.54) is 0 Å². The van der Waals surface area contributed by atoms with Crippen LogP contribution < -0.4 is 10.7 Å². The Labute approximate surface area is 131 Å². The molecule has 1 atom stereocenters. The second-order valence-electron chi connectivity index (χ2n) is 5.27. The van der Waals surface area contributed by atoms with Crippen LogP contribution in [0.1, 0.15) is 10.9 Å². The minimum Gasteiger partial charge on any atom is -0.506 e. The van der Waals surface area contributed by atoms with Crippen LogP contribution in [0.15, 0.2) is 58.2 Å². The van der Waals surface area contributed by atoms with Crippen LogP contribution in [0.3, 0.4) is 0 Å². The Morgan fingerprint density at radius 1 is 1.14 bits per heavy atom. The van der Waals surface area contributed by atoms with Gasteiger partial charge in [-0.05, 0) is 24.3 Å². The number of rotatable bonds is 1. The lowest BCUT2D eigenvalue weighted by Gasteiger charge is -2.25. The van der Waals surface area contributed by atoms with Gasteiger partial charge in [0.15, 0.2) is 5.43 Å². The molecule has 2 heterocycles. The summed E-state index contributed by atoms with van der Waals surface area (Å²) in [6, 6.07) is 14.7. The largest absolute Gasteiger partial charge is 0.506 e. The van der Waals surface area contributed by atoms with Gasteiger partial charge in [-0.3, -0.25) is 4.79 Å². The number of fused-ring (bicyclic) bond motifs is 2. The third kappa shape index (κ3) is 2.14. The molecular weight excluding hydrogens is 296 g/mol. The maximum Gasteiger partial charge on any atom is 0.189 e. The van der Waals surface area contributed by atoms with Crippen molar-refractivity contribution in [2.75, 3.05) is 11.9 Å². The minimum absolute atomic E-state index is 0.0703. The summed E-state index contributed by atoms with van der Waals surface area (Å²) in [5, 5.41) is 14.0. The minimum atomic E-state index is -0.0703. The summed E-state index contributed by atoms with van der Waals surface area (Å²) in [7, 11) is 0. The molecule has 1 aliphatic heterocycles. The van der Waals surface area contributed by atoms with Gasteiger partial charge in [0.05, 0.1) is 10.8 Å². The van der Waals surface area contributed by atoms with Gasteiger partial charge in [0, 0.05) is 34.3 Å². The van der Waals surface area contributed by atoms with E-state index in [4.69, 9.17) is 0 Å². The number of benzene rings is 2. The number of phenols is 1. The Morgan fingerprint density at radius 2 is 2.00 bits per heavy atom. The van der Waals surface area contributed by atoms with Crippen molar-refractivity contribution in [3.8, 4) is 5.75 Å². The number of aromatic amines is 1. The van der Waals surface area contributed by atoms with Crippen molar-refractivity contribution in [2.45, 2.75) is 10.1 Å². The van der Waals surface area contributed by atoms with E-state index < -0.39 is 0 Å². The summed E-state index contributed by atoms with van der Waals surface area (Å²) < 4.78 is 0. The Hall–Kier alpha value is -2.40. The van der Waals surface area contributed by atoms with E-state index in [0.717, 1.165) is 22.8 Å². The van der Waals surface area contributed by atoms with Crippen LogP contribution in [0.4, 0.5) is 5.69 Å². The number of nitrogens with one attached hydrogen (secondary N) is 2. The van der Waals surface area contributed by atoms with E-state index in [0.29, 0.717) is 10.9 Å². The topological polar surface area (TPSA) is 65.1 Å². The molecular formula is C17H14N2O2S. The second kappa shape index (κ2) is 5.10. The number of H-pyrrole nitrogens is 1. The molecule has 4 rings (SSSR count). The number of para-hydroxylation sites is 2. The van der Waals surface area contributed by atoms with E-state index in [2.05, 4.69) is 16.4 Å². The zero-order valence-corrected chi connectivity index (χ0v) is 12.5. The number of aromatic hydroxyl groups is 1. The summed E-state index contributed by atoms with van der Waals surface area (Å²) in [6.07, 6.45) is 0. The molecule has 1 unspecified atom stereocenters. The van der Waals surface area contributed by atoms with Gasteiger partial charge in [-0.25, -0.2) is 0 Å². The summed E-state index contributed by atoms with van der Waals surface area (Å²) in [5.41, 5.74) is 2.38. The zero-order chi connectivity index (χ0) is 15.1. The van der Waals surface area contributed by atoms with E-state index >= 15 is 0 Å². The van der Waals surface area contributed by atoms with Crippen LogP contribution in [0, 0.1) is 0 Å². The predicted octanol–water partition coefficient (Wildman–Crippen LogP) is 3.49. The maximum absolute atomic E-state index is 12.3. The van der Waals surface area contributed by atoms with Gasteiger partial charge in [-0.2, -0.15) is 0 Å². The molecule has 0 radical (unpaired) electrons. The van der Waals surface area contributed by atoms with Gasteiger partial charge in [-0.1, -0.05) is 18.2 Å². The molecule has 3 aromatic rings. The average molecular weight is 310 g/mol. The number of aromatic nitrogens is 1. The van der Waals surface area contributed by atoms with E-state index in [-0.39, 0.29) is 16.4 Å². The number of anilines is 1. The van der Waals surface area contributed by atoms with Crippen LogP contribution in [0.25, 0.3) is 10.9 Å². The fourth-order valence-electron chi connectivity index (χ4n) is 2.74. The average Bonchev–Trinajstić information content (AvgIpc) is 2.55. The molecule has 4 nitrogen and oxygen atoms in total. The van der Waals surface area contributed by atoms with E-state index in [1.807, 2.05) is 18.2 Å². The third-order valence-corrected chi connectivity index (χ3v) is 5.16. The molecule has 0 bridgehead atoms. The van der Waals surface area contributed by atoms with Crippen molar-refractivity contribution in [2.24, 2.45) is 0 Å². The highest BCUT2D eigenvalue weighted by atomic mass is 32.2. The Balaban J connectivity index is 1.80. The fourth-order valence-corrected chi connectivity index (χ4v) is 3.89. The fraction of sp³-hybridized carbons (Fsp3) is 0.118. The molecule has 0 fully saturated rings. The Morgan fingerprint density at radius 3 is 2.91 bits per heavy atom. The lowest BCUT2D eigenvalue weighted by atomic mass is 10.1. The summed E-state index contributed by atoms with van der Waals surface area (Å²) in [4.78, 5) is 16.7. The van der Waals surface area contributed by atoms with Crippen molar-refractivity contribution in [1.29, 1.82) is 0 Å². The van der Waals surface area contributed by atoms with Gasteiger partial charge in [0.1, 0.15) is 5.75 Å². The van der Waals surface area contributed by atoms with Crippen molar-refractivity contribution in [1.82, 2.24) is 4.98 Å². The van der Waals surface area contributed by atoms with Gasteiger partial charge >= 0.3 is 0 Å². The first kappa shape index (κ1) is 13.3. The Kier molecular flexibility index (Phi) is 3.08. The van der Waals surface area contributed by atoms with Crippen LogP contribution in [0.2, 0.25) is 0 Å². The molecule has 22 heavy (non-hydrogen) atoms. The Bertz CT molecular complexity index is 920. The zero-order valence-electron chi connectivity index (χ0n) is 11.7. The molecule has 3 N–H and O–H groups in total. The van der Waals surface area contributed by atoms with Crippen molar-refractivity contribution < 1.29 is 5.11 Å². The number of hydrogen-bond acceptors (Lipinski definition) is 4. The molecule has 0 amide bonds. The first-order chi connectivity index (χ1) is 10.7. The van der Waals surface area contributed by atoms with E-state index in [1.54, 1.807) is 36.0 Å². The quantitative estimate of drug-likeness (QED) is 0.644. The normalized spacial score (nSPS) is 17.0. The molecule has 0 aliphatic carbocycles. The highest BCUT2D eigenvalue weighted by Crippen LogP contribution is 2.42. The standard InChI is InChI=1S/C17H14N2O2S/c20-13-6-3-4-10-14(21)8-12(19-17(10)13)16-9-18-11-5-1-2-7-15(11)22-16/h1-8,16,18,20H,9H2,(H,19,21). The monoisotopic (exact) mass is 310 g/mol. The smallest absolute Gasteiger partial charge is 0.189 e. The van der Waals surface area contributed by atoms with Crippen molar-refractivity contribution >= 4 is 28.4 Å². The maximum atomic E-state index is 12.3. The first-order valence-electron chi connectivity index (χ1n) is 7.07. The van der Waals surface area contributed by atoms with Crippen molar-refractivity contribution in [3.63, 3.8) is 0 Å². The predicted molar refractivity (Wildman–Crippen MR) is 89.8 cm³/mol. The molecule has 110 valence electrons. The highest BCUT2D eigenvalue weighted by Gasteiger charge is 2.21. The SMILES string of the molecule is O=c1cc(C2CNc3ccccc3S2)[nH]c2c(O)cccc12. The van der Waals surface area contributed by atoms with Gasteiger partial charge in [0.25, 0.3) is 0 Å². The first-order valence-corrected chi connectivity index (χ1v) is 7.95. The van der Waals surface area contributed by atoms with E-state index in [9.17, 15) is 9.90 Å². The number of thioether (sulfide) groups is 1. The molecule has 0 saturated carbocycles. The summed E-state index contributed by atoms with van der Waals surface area (Å²) in [6.45, 7) is 0.733. The highest BCUT2D eigenvalue weighted by molar-refractivity contribution is 7.99. The molecule has 1 aliphatic rings. The molecule has 1 aromatic heterocycles. The number of pyridine rings is 1. The van der Waals surface area contributed by atoms with Gasteiger partial charge in [-0.15, -0.1) is 11.8 Å². The van der Waals surface area contributed by atoms with Crippen LogP contribution in [0.5, 0.6) is 5.75 Å².